The van der Waals surface area contributed by atoms with Gasteiger partial charge in [-0.05, 0) is 6.07 Å². The van der Waals surface area contributed by atoms with Crippen molar-refractivity contribution in [3.05, 3.63) is 29.8 Å². The average Bonchev–Trinajstić information content (AvgIpc) is 2.63. The molecule has 0 radical (unpaired) electrons. The second kappa shape index (κ2) is 4.43. The largest absolute Gasteiger partial charge is 0.471 e. The molecule has 2 atom stereocenters. The van der Waals surface area contributed by atoms with Gasteiger partial charge in [-0.1, -0.05) is 32.0 Å². The zero-order valence-electron chi connectivity index (χ0n) is 10.5. The highest BCUT2D eigenvalue weighted by atomic mass is 19.4. The van der Waals surface area contributed by atoms with Gasteiger partial charge in [0.25, 0.3) is 0 Å². The number of halogens is 3. The van der Waals surface area contributed by atoms with Crippen LogP contribution in [-0.4, -0.2) is 17.8 Å². The maximum absolute atomic E-state index is 12.4. The van der Waals surface area contributed by atoms with Crippen molar-refractivity contribution < 1.29 is 22.7 Å². The summed E-state index contributed by atoms with van der Waals surface area (Å²) in [5.74, 6) is -1.81. The van der Waals surface area contributed by atoms with Gasteiger partial charge in [-0.3, -0.25) is 4.79 Å². The summed E-state index contributed by atoms with van der Waals surface area (Å²) in [6.45, 7) is 3.42. The number of amides is 1. The van der Waals surface area contributed by atoms with Crippen molar-refractivity contribution in [1.82, 2.24) is 5.32 Å². The van der Waals surface area contributed by atoms with Crippen molar-refractivity contribution >= 4 is 5.91 Å². The summed E-state index contributed by atoms with van der Waals surface area (Å²) >= 11 is 0. The number of nitrogens with one attached hydrogen (secondary N) is 1. The van der Waals surface area contributed by atoms with Crippen LogP contribution in [0.1, 0.15) is 31.7 Å². The van der Waals surface area contributed by atoms with Crippen molar-refractivity contribution in [2.24, 2.45) is 0 Å². The van der Waals surface area contributed by atoms with Gasteiger partial charge < -0.3 is 10.1 Å². The van der Waals surface area contributed by atoms with E-state index in [1.54, 1.807) is 38.1 Å². The molecule has 1 aliphatic rings. The Morgan fingerprint density at radius 3 is 2.58 bits per heavy atom. The topological polar surface area (TPSA) is 38.3 Å². The molecule has 0 spiro atoms. The molecular formula is C13H14F3NO2. The molecule has 1 aliphatic heterocycles. The fourth-order valence-corrected chi connectivity index (χ4v) is 2.33. The molecule has 6 heteroatoms. The molecule has 0 fully saturated rings. The van der Waals surface area contributed by atoms with Crippen molar-refractivity contribution in [3.8, 4) is 5.75 Å². The number of para-hydroxylation sites is 1. The maximum atomic E-state index is 12.4. The lowest BCUT2D eigenvalue weighted by Crippen LogP contribution is -2.56. The van der Waals surface area contributed by atoms with Crippen LogP contribution in [0, 0.1) is 0 Å². The van der Waals surface area contributed by atoms with Crippen LogP contribution in [0.5, 0.6) is 5.75 Å². The van der Waals surface area contributed by atoms with E-state index in [9.17, 15) is 18.0 Å². The van der Waals surface area contributed by atoms with E-state index >= 15 is 0 Å². The Labute approximate surface area is 108 Å². The normalized spacial score (nSPS) is 25.6. The van der Waals surface area contributed by atoms with Crippen LogP contribution < -0.4 is 10.1 Å². The second-order valence-electron chi connectivity index (χ2n) is 4.56. The zero-order valence-corrected chi connectivity index (χ0v) is 10.5. The number of carbonyl (C=O) groups is 1. The minimum Gasteiger partial charge on any atom is -0.467 e. The SMILES string of the molecule is CCC1(NC(=O)C(F)(F)F)Oc2ccccc2C1C. The second-order valence-corrected chi connectivity index (χ2v) is 4.56. The first-order valence-corrected chi connectivity index (χ1v) is 5.97. The van der Waals surface area contributed by atoms with Crippen LogP contribution in [0.3, 0.4) is 0 Å². The molecule has 19 heavy (non-hydrogen) atoms. The number of carbonyl (C=O) groups excluding carboxylic acids is 1. The van der Waals surface area contributed by atoms with Crippen LogP contribution in [0.2, 0.25) is 0 Å². The molecule has 1 N–H and O–H groups in total. The number of hydrogen-bond donors (Lipinski definition) is 1. The fraction of sp³-hybridized carbons (Fsp3) is 0.462. The van der Waals surface area contributed by atoms with Crippen molar-refractivity contribution in [2.45, 2.75) is 38.1 Å². The van der Waals surface area contributed by atoms with Gasteiger partial charge >= 0.3 is 12.1 Å². The Kier molecular flexibility index (Phi) is 3.20. The van der Waals surface area contributed by atoms with Gasteiger partial charge in [-0.25, -0.2) is 0 Å². The maximum Gasteiger partial charge on any atom is 0.471 e. The first-order valence-electron chi connectivity index (χ1n) is 5.97. The monoisotopic (exact) mass is 273 g/mol. The quantitative estimate of drug-likeness (QED) is 0.899. The highest BCUT2D eigenvalue weighted by Crippen LogP contribution is 2.44. The predicted octanol–water partition coefficient (Wildman–Crippen LogP) is 2.97. The van der Waals surface area contributed by atoms with Crippen LogP contribution in [0.25, 0.3) is 0 Å². The average molecular weight is 273 g/mol. The lowest BCUT2D eigenvalue weighted by molar-refractivity contribution is -0.179. The van der Waals surface area contributed by atoms with Gasteiger partial charge in [0.05, 0.1) is 0 Å². The first kappa shape index (κ1) is 13.7. The smallest absolute Gasteiger partial charge is 0.467 e. The Hall–Kier alpha value is -1.72. The molecule has 0 aliphatic carbocycles. The van der Waals surface area contributed by atoms with E-state index in [1.807, 2.05) is 5.32 Å². The Bertz CT molecular complexity index is 501. The summed E-state index contributed by atoms with van der Waals surface area (Å²) in [5.41, 5.74) is -0.539. The van der Waals surface area contributed by atoms with E-state index < -0.39 is 17.8 Å². The van der Waals surface area contributed by atoms with E-state index in [4.69, 9.17) is 4.74 Å². The van der Waals surface area contributed by atoms with Gasteiger partial charge in [0.15, 0.2) is 5.72 Å². The van der Waals surface area contributed by atoms with Crippen LogP contribution >= 0.6 is 0 Å². The predicted molar refractivity (Wildman–Crippen MR) is 62.7 cm³/mol. The summed E-state index contributed by atoms with van der Waals surface area (Å²) in [4.78, 5) is 11.2. The van der Waals surface area contributed by atoms with Crippen molar-refractivity contribution in [2.75, 3.05) is 0 Å². The fourth-order valence-electron chi connectivity index (χ4n) is 2.33. The molecule has 0 aromatic heterocycles. The highest BCUT2D eigenvalue weighted by molar-refractivity contribution is 5.82. The van der Waals surface area contributed by atoms with Gasteiger partial charge in [-0.15, -0.1) is 0 Å². The number of alkyl halides is 3. The zero-order chi connectivity index (χ0) is 14.3. The van der Waals surface area contributed by atoms with Crippen LogP contribution in [0.4, 0.5) is 13.2 Å². The van der Waals surface area contributed by atoms with Gasteiger partial charge in [-0.2, -0.15) is 13.2 Å². The summed E-state index contributed by atoms with van der Waals surface area (Å²) in [5, 5.41) is 1.99. The standard InChI is InChI=1S/C13H14F3NO2/c1-3-12(17-11(18)13(14,15)16)8(2)9-6-4-5-7-10(9)19-12/h4-8H,3H2,1-2H3,(H,17,18). The van der Waals surface area contributed by atoms with Gasteiger partial charge in [0.2, 0.25) is 0 Å². The summed E-state index contributed by atoms with van der Waals surface area (Å²) in [6, 6.07) is 7.00. The van der Waals surface area contributed by atoms with Gasteiger partial charge in [0.1, 0.15) is 5.75 Å². The third kappa shape index (κ3) is 2.27. The molecule has 2 unspecified atom stereocenters. The minimum absolute atomic E-state index is 0.241. The third-order valence-corrected chi connectivity index (χ3v) is 3.48. The lowest BCUT2D eigenvalue weighted by atomic mass is 9.90. The molecular weight excluding hydrogens is 259 g/mol. The molecule has 104 valence electrons. The molecule has 2 rings (SSSR count). The van der Waals surface area contributed by atoms with Gasteiger partial charge in [0, 0.05) is 17.9 Å². The molecule has 1 aromatic carbocycles. The van der Waals surface area contributed by atoms with E-state index in [0.29, 0.717) is 5.75 Å². The Morgan fingerprint density at radius 2 is 2.05 bits per heavy atom. The molecule has 1 heterocycles. The Balaban J connectivity index is 2.30. The van der Waals surface area contributed by atoms with E-state index in [-0.39, 0.29) is 12.3 Å². The molecule has 0 saturated carbocycles. The number of ether oxygens (including phenoxy) is 1. The molecule has 0 bridgehead atoms. The summed E-state index contributed by atoms with van der Waals surface area (Å²) < 4.78 is 42.8. The van der Waals surface area contributed by atoms with E-state index in [0.717, 1.165) is 5.56 Å². The molecule has 0 saturated heterocycles. The van der Waals surface area contributed by atoms with E-state index in [2.05, 4.69) is 0 Å². The lowest BCUT2D eigenvalue weighted by Gasteiger charge is -2.33. The Morgan fingerprint density at radius 1 is 1.42 bits per heavy atom. The first-order chi connectivity index (χ1) is 8.80. The summed E-state index contributed by atoms with van der Waals surface area (Å²) in [7, 11) is 0. The number of benzene rings is 1. The summed E-state index contributed by atoms with van der Waals surface area (Å²) in [6.07, 6.45) is -4.68. The molecule has 1 aromatic rings. The number of fused-ring (bicyclic) bond motifs is 1. The van der Waals surface area contributed by atoms with Crippen molar-refractivity contribution in [1.29, 1.82) is 0 Å². The highest BCUT2D eigenvalue weighted by Gasteiger charge is 2.50. The minimum atomic E-state index is -4.92. The van der Waals surface area contributed by atoms with Crippen LogP contribution in [0.15, 0.2) is 24.3 Å². The molecule has 3 nitrogen and oxygen atoms in total. The van der Waals surface area contributed by atoms with Crippen molar-refractivity contribution in [3.63, 3.8) is 0 Å². The number of rotatable bonds is 2. The number of hydrogen-bond acceptors (Lipinski definition) is 2. The van der Waals surface area contributed by atoms with Crippen LogP contribution in [-0.2, 0) is 4.79 Å². The van der Waals surface area contributed by atoms with E-state index in [1.165, 1.54) is 0 Å². The third-order valence-electron chi connectivity index (χ3n) is 3.48. The molecule has 1 amide bonds.